The normalized spacial score (nSPS) is 15.3. The fraction of sp³-hybridized carbons (Fsp3) is 0.375. The molecule has 0 heterocycles. The minimum Gasteiger partial charge on any atom is -0.479 e. The minimum atomic E-state index is -4.88. The van der Waals surface area contributed by atoms with Gasteiger partial charge in [-0.2, -0.15) is 13.2 Å². The number of benzene rings is 2. The molecule has 188 valence electrons. The molecular weight excluding hydrogens is 469 g/mol. The summed E-state index contributed by atoms with van der Waals surface area (Å²) in [4.78, 5) is 35.4. The summed E-state index contributed by atoms with van der Waals surface area (Å²) in [6, 6.07) is 12.6. The van der Waals surface area contributed by atoms with Crippen molar-refractivity contribution in [3.8, 4) is 11.1 Å². The van der Waals surface area contributed by atoms with Crippen molar-refractivity contribution in [1.82, 2.24) is 10.6 Å². The van der Waals surface area contributed by atoms with Crippen LogP contribution in [0.5, 0.6) is 0 Å². The standard InChI is InChI=1S/C24H25F3N2O6/c1-23(13-30,21(32)33)29-20(31)11-10-19(24(25,26)27)28-22(34)35-12-18-16-8-4-2-6-14(16)15-7-3-5-9-17(15)18/h2-9,18-19,30H,10-13H2,1H3,(H,28,34)(H,29,31)(H,32,33)/t19-,23?/m0/s1. The van der Waals surface area contributed by atoms with Gasteiger partial charge in [-0.05, 0) is 35.6 Å². The number of ether oxygens (including phenoxy) is 1. The van der Waals surface area contributed by atoms with Crippen molar-refractivity contribution in [1.29, 1.82) is 0 Å². The Morgan fingerprint density at radius 2 is 1.57 bits per heavy atom. The Balaban J connectivity index is 1.61. The van der Waals surface area contributed by atoms with E-state index < -0.39 is 55.2 Å². The second-order valence-corrected chi connectivity index (χ2v) is 8.45. The van der Waals surface area contributed by atoms with Crippen LogP contribution in [0.4, 0.5) is 18.0 Å². The number of fused-ring (bicyclic) bond motifs is 3. The zero-order valence-electron chi connectivity index (χ0n) is 18.8. The third-order valence-corrected chi connectivity index (χ3v) is 5.89. The summed E-state index contributed by atoms with van der Waals surface area (Å²) in [5, 5.41) is 21.9. The van der Waals surface area contributed by atoms with Crippen LogP contribution in [0.3, 0.4) is 0 Å². The van der Waals surface area contributed by atoms with Crippen LogP contribution in [0.1, 0.15) is 36.8 Å². The number of carbonyl (C=O) groups is 3. The molecule has 0 bridgehead atoms. The molecule has 2 atom stereocenters. The van der Waals surface area contributed by atoms with Gasteiger partial charge >= 0.3 is 18.2 Å². The number of hydrogen-bond donors (Lipinski definition) is 4. The Hall–Kier alpha value is -3.60. The molecule has 11 heteroatoms. The lowest BCUT2D eigenvalue weighted by atomic mass is 9.98. The molecule has 0 saturated heterocycles. The van der Waals surface area contributed by atoms with Gasteiger partial charge in [0.2, 0.25) is 5.91 Å². The molecular formula is C24H25F3N2O6. The van der Waals surface area contributed by atoms with E-state index >= 15 is 0 Å². The Morgan fingerprint density at radius 3 is 2.06 bits per heavy atom. The predicted octanol–water partition coefficient (Wildman–Crippen LogP) is 3.19. The van der Waals surface area contributed by atoms with Gasteiger partial charge in [0.15, 0.2) is 5.54 Å². The van der Waals surface area contributed by atoms with Crippen LogP contribution < -0.4 is 10.6 Å². The molecule has 2 aromatic carbocycles. The van der Waals surface area contributed by atoms with E-state index in [0.717, 1.165) is 29.2 Å². The zero-order chi connectivity index (χ0) is 25.8. The van der Waals surface area contributed by atoms with E-state index in [-0.39, 0.29) is 12.5 Å². The Morgan fingerprint density at radius 1 is 1.03 bits per heavy atom. The van der Waals surface area contributed by atoms with Crippen molar-refractivity contribution in [2.45, 2.75) is 43.4 Å². The third kappa shape index (κ3) is 5.91. The summed E-state index contributed by atoms with van der Waals surface area (Å²) in [5.41, 5.74) is 1.69. The summed E-state index contributed by atoms with van der Waals surface area (Å²) in [7, 11) is 0. The highest BCUT2D eigenvalue weighted by atomic mass is 19.4. The molecule has 0 aliphatic heterocycles. The molecule has 0 saturated carbocycles. The number of alkyl carbamates (subject to hydrolysis) is 1. The molecule has 3 rings (SSSR count). The fourth-order valence-corrected chi connectivity index (χ4v) is 3.91. The van der Waals surface area contributed by atoms with Crippen molar-refractivity contribution < 1.29 is 42.5 Å². The van der Waals surface area contributed by atoms with Crippen LogP contribution in [0, 0.1) is 0 Å². The molecule has 0 radical (unpaired) electrons. The van der Waals surface area contributed by atoms with E-state index in [2.05, 4.69) is 0 Å². The molecule has 4 N–H and O–H groups in total. The van der Waals surface area contributed by atoms with Crippen LogP contribution in [0.2, 0.25) is 0 Å². The number of aliphatic hydroxyl groups excluding tert-OH is 1. The Bertz CT molecular complexity index is 1060. The van der Waals surface area contributed by atoms with Gasteiger partial charge in [0.25, 0.3) is 0 Å². The van der Waals surface area contributed by atoms with Crippen LogP contribution in [0.25, 0.3) is 11.1 Å². The van der Waals surface area contributed by atoms with Gasteiger partial charge in [0.05, 0.1) is 6.61 Å². The SMILES string of the molecule is CC(CO)(NC(=O)CC[C@H](NC(=O)OCC1c2ccccc2-c2ccccc21)C(F)(F)F)C(=O)O. The van der Waals surface area contributed by atoms with Crippen molar-refractivity contribution in [2.24, 2.45) is 0 Å². The number of halogens is 3. The maximum atomic E-state index is 13.5. The topological polar surface area (TPSA) is 125 Å². The van der Waals surface area contributed by atoms with Crippen LogP contribution >= 0.6 is 0 Å². The van der Waals surface area contributed by atoms with E-state index in [9.17, 15) is 27.6 Å². The average molecular weight is 494 g/mol. The smallest absolute Gasteiger partial charge is 0.408 e. The monoisotopic (exact) mass is 494 g/mol. The molecule has 0 fully saturated rings. The second kappa shape index (κ2) is 10.3. The number of hydrogen-bond acceptors (Lipinski definition) is 5. The molecule has 2 amide bonds. The van der Waals surface area contributed by atoms with E-state index in [0.29, 0.717) is 0 Å². The predicted molar refractivity (Wildman–Crippen MR) is 119 cm³/mol. The van der Waals surface area contributed by atoms with Crippen molar-refractivity contribution >= 4 is 18.0 Å². The van der Waals surface area contributed by atoms with Gasteiger partial charge in [-0.25, -0.2) is 9.59 Å². The molecule has 35 heavy (non-hydrogen) atoms. The van der Waals surface area contributed by atoms with Gasteiger partial charge in [-0.15, -0.1) is 0 Å². The van der Waals surface area contributed by atoms with Crippen LogP contribution in [0.15, 0.2) is 48.5 Å². The molecule has 1 aliphatic carbocycles. The molecule has 2 aromatic rings. The van der Waals surface area contributed by atoms with Crippen molar-refractivity contribution in [2.75, 3.05) is 13.2 Å². The maximum Gasteiger partial charge on any atom is 0.408 e. The maximum absolute atomic E-state index is 13.5. The molecule has 1 aliphatic rings. The van der Waals surface area contributed by atoms with Gasteiger partial charge < -0.3 is 25.6 Å². The molecule has 8 nitrogen and oxygen atoms in total. The quantitative estimate of drug-likeness (QED) is 0.424. The number of carbonyl (C=O) groups excluding carboxylic acids is 2. The summed E-state index contributed by atoms with van der Waals surface area (Å²) in [6.45, 7) is -0.115. The third-order valence-electron chi connectivity index (χ3n) is 5.89. The van der Waals surface area contributed by atoms with Gasteiger partial charge in [0.1, 0.15) is 12.6 Å². The van der Waals surface area contributed by atoms with E-state index in [1.165, 1.54) is 0 Å². The molecule has 1 unspecified atom stereocenters. The minimum absolute atomic E-state index is 0.182. The highest BCUT2D eigenvalue weighted by Crippen LogP contribution is 2.44. The average Bonchev–Trinajstić information content (AvgIpc) is 3.13. The first-order chi connectivity index (χ1) is 16.5. The first kappa shape index (κ1) is 26.0. The second-order valence-electron chi connectivity index (χ2n) is 8.45. The fourth-order valence-electron chi connectivity index (χ4n) is 3.91. The Labute approximate surface area is 199 Å². The number of rotatable bonds is 9. The number of nitrogens with one attached hydrogen (secondary N) is 2. The Kier molecular flexibility index (Phi) is 7.69. The number of alkyl halides is 3. The van der Waals surface area contributed by atoms with Crippen molar-refractivity contribution in [3.63, 3.8) is 0 Å². The summed E-state index contributed by atoms with van der Waals surface area (Å²) in [5.74, 6) is -2.90. The van der Waals surface area contributed by atoms with Gasteiger partial charge in [-0.3, -0.25) is 4.79 Å². The summed E-state index contributed by atoms with van der Waals surface area (Å²) in [6.07, 6.45) is -7.75. The lowest BCUT2D eigenvalue weighted by Crippen LogP contribution is -2.55. The number of carboxylic acid groups (broad SMARTS) is 1. The number of amides is 2. The largest absolute Gasteiger partial charge is 0.479 e. The lowest BCUT2D eigenvalue weighted by Gasteiger charge is -2.25. The number of carboxylic acids is 1. The molecule has 0 spiro atoms. The molecule has 0 aromatic heterocycles. The van der Waals surface area contributed by atoms with Gasteiger partial charge in [0, 0.05) is 12.3 Å². The first-order valence-electron chi connectivity index (χ1n) is 10.8. The van der Waals surface area contributed by atoms with Gasteiger partial charge in [-0.1, -0.05) is 48.5 Å². The zero-order valence-corrected chi connectivity index (χ0v) is 18.8. The summed E-state index contributed by atoms with van der Waals surface area (Å²) >= 11 is 0. The first-order valence-corrected chi connectivity index (χ1v) is 10.8. The highest BCUT2D eigenvalue weighted by molar-refractivity contribution is 5.86. The summed E-state index contributed by atoms with van der Waals surface area (Å²) < 4.78 is 45.5. The van der Waals surface area contributed by atoms with E-state index in [4.69, 9.17) is 14.9 Å². The van der Waals surface area contributed by atoms with Crippen LogP contribution in [-0.2, 0) is 14.3 Å². The highest BCUT2D eigenvalue weighted by Gasteiger charge is 2.42. The number of aliphatic carboxylic acids is 1. The van der Waals surface area contributed by atoms with E-state index in [1.807, 2.05) is 53.8 Å². The number of aliphatic hydroxyl groups is 1. The van der Waals surface area contributed by atoms with E-state index in [1.54, 1.807) is 5.32 Å². The lowest BCUT2D eigenvalue weighted by molar-refractivity contribution is -0.157. The van der Waals surface area contributed by atoms with Crippen LogP contribution in [-0.4, -0.2) is 59.2 Å². The van der Waals surface area contributed by atoms with Crippen molar-refractivity contribution in [3.05, 3.63) is 59.7 Å².